The van der Waals surface area contributed by atoms with Crippen LogP contribution in [0.1, 0.15) is 30.9 Å². The van der Waals surface area contributed by atoms with E-state index in [1.165, 1.54) is 0 Å². The van der Waals surface area contributed by atoms with Crippen molar-refractivity contribution in [3.8, 4) is 0 Å². The summed E-state index contributed by atoms with van der Waals surface area (Å²) >= 11 is 0. The van der Waals surface area contributed by atoms with Crippen LogP contribution in [-0.2, 0) is 16.0 Å². The summed E-state index contributed by atoms with van der Waals surface area (Å²) < 4.78 is 0. The Hall–Kier alpha value is -1.64. The summed E-state index contributed by atoms with van der Waals surface area (Å²) in [5.41, 5.74) is 1.70. The minimum absolute atomic E-state index is 0.458. The van der Waals surface area contributed by atoms with Gasteiger partial charge in [-0.05, 0) is 23.5 Å². The van der Waals surface area contributed by atoms with Crippen LogP contribution in [0, 0.1) is 5.92 Å². The summed E-state index contributed by atoms with van der Waals surface area (Å²) in [6.45, 7) is 4.25. The molecule has 1 aromatic rings. The van der Waals surface area contributed by atoms with Gasteiger partial charge in [-0.2, -0.15) is 0 Å². The molecular weight excluding hydrogens is 204 g/mol. The van der Waals surface area contributed by atoms with Gasteiger partial charge in [0, 0.05) is 0 Å². The monoisotopic (exact) mass is 220 g/mol. The van der Waals surface area contributed by atoms with Crippen LogP contribution < -0.4 is 0 Å². The minimum atomic E-state index is -1.10. The summed E-state index contributed by atoms with van der Waals surface area (Å²) in [5.74, 6) is -1.59. The van der Waals surface area contributed by atoms with Crippen LogP contribution in [0.4, 0.5) is 0 Å². The van der Waals surface area contributed by atoms with E-state index in [-0.39, 0.29) is 0 Å². The Labute approximate surface area is 95.1 Å². The van der Waals surface area contributed by atoms with Gasteiger partial charge < -0.3 is 9.90 Å². The summed E-state index contributed by atoms with van der Waals surface area (Å²) in [5, 5.41) is 8.81. The highest BCUT2D eigenvalue weighted by molar-refractivity contribution is 5.92. The van der Waals surface area contributed by atoms with E-state index in [4.69, 9.17) is 5.11 Å². The Morgan fingerprint density at radius 1 is 1.31 bits per heavy atom. The van der Waals surface area contributed by atoms with Gasteiger partial charge in [-0.1, -0.05) is 38.1 Å². The fourth-order valence-corrected chi connectivity index (χ4v) is 1.61. The van der Waals surface area contributed by atoms with Crippen LogP contribution in [0.15, 0.2) is 24.3 Å². The van der Waals surface area contributed by atoms with Gasteiger partial charge in [0.15, 0.2) is 0 Å². The van der Waals surface area contributed by atoms with Crippen molar-refractivity contribution < 1.29 is 14.7 Å². The standard InChI is InChI=1S/C13H16O3/c1-9(2)7-10-3-5-11(6-4-10)12(8-14)13(15)16/h3-6,8-9,12H,7H2,1-2H3,(H,15,16)/t12-/m1/s1. The quantitative estimate of drug-likeness (QED) is 0.611. The third kappa shape index (κ3) is 3.19. The number of aliphatic carboxylic acids is 1. The van der Waals surface area contributed by atoms with Gasteiger partial charge in [0.25, 0.3) is 0 Å². The number of benzene rings is 1. The third-order valence-electron chi connectivity index (χ3n) is 2.38. The first-order valence-electron chi connectivity index (χ1n) is 5.31. The summed E-state index contributed by atoms with van der Waals surface area (Å²) in [6, 6.07) is 7.19. The van der Waals surface area contributed by atoms with E-state index in [9.17, 15) is 9.59 Å². The molecule has 0 amide bonds. The Kier molecular flexibility index (Phi) is 4.23. The van der Waals surface area contributed by atoms with E-state index < -0.39 is 11.9 Å². The molecule has 0 spiro atoms. The molecule has 0 aliphatic rings. The van der Waals surface area contributed by atoms with E-state index in [1.807, 2.05) is 12.1 Å². The molecule has 0 radical (unpaired) electrons. The maximum Gasteiger partial charge on any atom is 0.318 e. The van der Waals surface area contributed by atoms with Crippen molar-refractivity contribution in [3.63, 3.8) is 0 Å². The summed E-state index contributed by atoms with van der Waals surface area (Å²) in [4.78, 5) is 21.4. The molecule has 1 rings (SSSR count). The van der Waals surface area contributed by atoms with Crippen molar-refractivity contribution in [2.24, 2.45) is 5.92 Å². The molecule has 0 fully saturated rings. The lowest BCUT2D eigenvalue weighted by Crippen LogP contribution is -2.12. The number of rotatable bonds is 5. The second-order valence-electron chi connectivity index (χ2n) is 4.29. The zero-order chi connectivity index (χ0) is 12.1. The third-order valence-corrected chi connectivity index (χ3v) is 2.38. The van der Waals surface area contributed by atoms with Crippen LogP contribution in [0.25, 0.3) is 0 Å². The van der Waals surface area contributed by atoms with Gasteiger partial charge in [0.1, 0.15) is 12.2 Å². The van der Waals surface area contributed by atoms with E-state index in [0.29, 0.717) is 17.8 Å². The van der Waals surface area contributed by atoms with Crippen molar-refractivity contribution in [2.75, 3.05) is 0 Å². The maximum atomic E-state index is 10.8. The van der Waals surface area contributed by atoms with E-state index in [1.54, 1.807) is 12.1 Å². The Morgan fingerprint density at radius 2 is 1.88 bits per heavy atom. The van der Waals surface area contributed by atoms with Crippen molar-refractivity contribution in [2.45, 2.75) is 26.2 Å². The number of carboxylic acids is 1. The van der Waals surface area contributed by atoms with Crippen LogP contribution >= 0.6 is 0 Å². The van der Waals surface area contributed by atoms with Crippen molar-refractivity contribution in [3.05, 3.63) is 35.4 Å². The molecule has 0 bridgehead atoms. The summed E-state index contributed by atoms with van der Waals surface area (Å²) in [6.07, 6.45) is 1.42. The second kappa shape index (κ2) is 5.45. The average molecular weight is 220 g/mol. The molecule has 3 nitrogen and oxygen atoms in total. The topological polar surface area (TPSA) is 54.4 Å². The zero-order valence-corrected chi connectivity index (χ0v) is 9.51. The Bertz CT molecular complexity index is 365. The first-order chi connectivity index (χ1) is 7.54. The fourth-order valence-electron chi connectivity index (χ4n) is 1.61. The SMILES string of the molecule is CC(C)Cc1ccc([C@@H](C=O)C(=O)O)cc1. The first-order valence-corrected chi connectivity index (χ1v) is 5.31. The fraction of sp³-hybridized carbons (Fsp3) is 0.385. The number of aldehydes is 1. The molecule has 86 valence electrons. The predicted molar refractivity (Wildman–Crippen MR) is 61.4 cm³/mol. The van der Waals surface area contributed by atoms with Gasteiger partial charge >= 0.3 is 5.97 Å². The molecule has 0 aliphatic heterocycles. The minimum Gasteiger partial charge on any atom is -0.480 e. The second-order valence-corrected chi connectivity index (χ2v) is 4.29. The number of hydrogen-bond acceptors (Lipinski definition) is 2. The highest BCUT2D eigenvalue weighted by atomic mass is 16.4. The molecule has 0 aliphatic carbocycles. The van der Waals surface area contributed by atoms with Gasteiger partial charge in [-0.25, -0.2) is 0 Å². The molecule has 0 heterocycles. The van der Waals surface area contributed by atoms with E-state index in [0.717, 1.165) is 12.0 Å². The van der Waals surface area contributed by atoms with Gasteiger partial charge in [-0.3, -0.25) is 4.79 Å². The largest absolute Gasteiger partial charge is 0.480 e. The zero-order valence-electron chi connectivity index (χ0n) is 9.51. The van der Waals surface area contributed by atoms with Crippen molar-refractivity contribution in [1.29, 1.82) is 0 Å². The smallest absolute Gasteiger partial charge is 0.318 e. The number of carbonyl (C=O) groups excluding carboxylic acids is 1. The van der Waals surface area contributed by atoms with Gasteiger partial charge in [0.05, 0.1) is 0 Å². The van der Waals surface area contributed by atoms with E-state index >= 15 is 0 Å². The summed E-state index contributed by atoms with van der Waals surface area (Å²) in [7, 11) is 0. The molecule has 1 aromatic carbocycles. The van der Waals surface area contributed by atoms with E-state index in [2.05, 4.69) is 13.8 Å². The predicted octanol–water partition coefficient (Wildman–Crippen LogP) is 2.25. The van der Waals surface area contributed by atoms with Crippen LogP contribution in [0.5, 0.6) is 0 Å². The molecule has 0 saturated heterocycles. The maximum absolute atomic E-state index is 10.8. The molecule has 16 heavy (non-hydrogen) atoms. The lowest BCUT2D eigenvalue weighted by atomic mass is 9.97. The molecule has 1 atom stereocenters. The Morgan fingerprint density at radius 3 is 2.25 bits per heavy atom. The molecule has 3 heteroatoms. The average Bonchev–Trinajstić information content (AvgIpc) is 2.20. The lowest BCUT2D eigenvalue weighted by molar-refractivity contribution is -0.140. The number of hydrogen-bond donors (Lipinski definition) is 1. The molecule has 1 N–H and O–H groups in total. The lowest BCUT2D eigenvalue weighted by Gasteiger charge is -2.08. The first kappa shape index (κ1) is 12.4. The molecule has 0 unspecified atom stereocenters. The van der Waals surface area contributed by atoms with Crippen molar-refractivity contribution in [1.82, 2.24) is 0 Å². The highest BCUT2D eigenvalue weighted by Gasteiger charge is 2.18. The number of carboxylic acid groups (broad SMARTS) is 1. The van der Waals surface area contributed by atoms with Gasteiger partial charge in [-0.15, -0.1) is 0 Å². The van der Waals surface area contributed by atoms with Crippen LogP contribution in [-0.4, -0.2) is 17.4 Å². The van der Waals surface area contributed by atoms with Crippen LogP contribution in [0.2, 0.25) is 0 Å². The van der Waals surface area contributed by atoms with Gasteiger partial charge in [0.2, 0.25) is 0 Å². The number of carbonyl (C=O) groups is 2. The molecule has 0 aromatic heterocycles. The van der Waals surface area contributed by atoms with Crippen LogP contribution in [0.3, 0.4) is 0 Å². The highest BCUT2D eigenvalue weighted by Crippen LogP contribution is 2.16. The normalized spacial score (nSPS) is 12.4. The molecular formula is C13H16O3. The van der Waals surface area contributed by atoms with Crippen molar-refractivity contribution >= 4 is 12.3 Å². The Balaban J connectivity index is 2.85. The molecule has 0 saturated carbocycles.